The fourth-order valence-electron chi connectivity index (χ4n) is 3.00. The summed E-state index contributed by atoms with van der Waals surface area (Å²) in [6.07, 6.45) is 3.16. The monoisotopic (exact) mass is 408 g/mol. The second-order valence-electron chi connectivity index (χ2n) is 7.39. The molecule has 0 fully saturated rings. The average Bonchev–Trinajstić information content (AvgIpc) is 3.00. The summed E-state index contributed by atoms with van der Waals surface area (Å²) in [5.74, 6) is 1.67. The van der Waals surface area contributed by atoms with E-state index in [0.717, 1.165) is 25.0 Å². The number of aryl methyl sites for hydroxylation is 1. The highest BCUT2D eigenvalue weighted by Gasteiger charge is 2.22. The molecule has 0 spiro atoms. The van der Waals surface area contributed by atoms with E-state index in [9.17, 15) is 4.79 Å². The molecule has 27 heavy (non-hydrogen) atoms. The van der Waals surface area contributed by atoms with Crippen molar-refractivity contribution in [3.8, 4) is 11.5 Å². The van der Waals surface area contributed by atoms with Crippen LogP contribution in [0.3, 0.4) is 0 Å². The number of fused-ring (bicyclic) bond motifs is 1. The predicted octanol–water partition coefficient (Wildman–Crippen LogP) is 5.22. The first kappa shape index (κ1) is 20.0. The molecule has 1 aliphatic carbocycles. The maximum atomic E-state index is 12.7. The van der Waals surface area contributed by atoms with Gasteiger partial charge >= 0.3 is 0 Å². The van der Waals surface area contributed by atoms with Crippen LogP contribution in [-0.4, -0.2) is 24.6 Å². The minimum absolute atomic E-state index is 0.259. The van der Waals surface area contributed by atoms with Gasteiger partial charge in [-0.3, -0.25) is 10.1 Å². The topological polar surface area (TPSA) is 60.5 Å². The number of thiazole rings is 1. The molecular weight excluding hydrogens is 384 g/mol. The molecule has 1 aliphatic rings. The van der Waals surface area contributed by atoms with Gasteiger partial charge in [0.15, 0.2) is 16.6 Å². The molecule has 1 atom stereocenters. The Bertz CT molecular complexity index is 835. The number of amides is 1. The minimum Gasteiger partial charge on any atom is -0.493 e. The van der Waals surface area contributed by atoms with Crippen LogP contribution in [0.25, 0.3) is 0 Å². The smallest absolute Gasteiger partial charge is 0.257 e. The number of rotatable bonds is 6. The average molecular weight is 409 g/mol. The van der Waals surface area contributed by atoms with Gasteiger partial charge in [0.05, 0.1) is 24.4 Å². The van der Waals surface area contributed by atoms with Crippen LogP contribution in [0, 0.1) is 11.8 Å². The van der Waals surface area contributed by atoms with Crippen LogP contribution in [-0.2, 0) is 12.8 Å². The van der Waals surface area contributed by atoms with E-state index in [1.54, 1.807) is 23.5 Å². The number of ether oxygens (including phenoxy) is 2. The number of carbonyl (C=O) groups excluding carboxylic acids is 1. The molecule has 1 aromatic carbocycles. The Kier molecular flexibility index (Phi) is 6.27. The van der Waals surface area contributed by atoms with Crippen LogP contribution in [0.2, 0.25) is 5.02 Å². The summed E-state index contributed by atoms with van der Waals surface area (Å²) in [4.78, 5) is 18.5. The number of aromatic nitrogens is 1. The summed E-state index contributed by atoms with van der Waals surface area (Å²) in [6.45, 7) is 6.87. The van der Waals surface area contributed by atoms with Gasteiger partial charge in [0.1, 0.15) is 0 Å². The van der Waals surface area contributed by atoms with Crippen molar-refractivity contribution < 1.29 is 14.3 Å². The number of halogens is 1. The maximum Gasteiger partial charge on any atom is 0.257 e. The van der Waals surface area contributed by atoms with Crippen molar-refractivity contribution in [3.63, 3.8) is 0 Å². The van der Waals surface area contributed by atoms with E-state index in [0.29, 0.717) is 45.7 Å². The van der Waals surface area contributed by atoms with Crippen molar-refractivity contribution in [2.75, 3.05) is 19.0 Å². The Balaban J connectivity index is 1.77. The number of hydrogen-bond acceptors (Lipinski definition) is 5. The summed E-state index contributed by atoms with van der Waals surface area (Å²) in [7, 11) is 1.53. The molecule has 0 saturated carbocycles. The summed E-state index contributed by atoms with van der Waals surface area (Å²) in [5.41, 5.74) is 1.52. The Morgan fingerprint density at radius 3 is 2.93 bits per heavy atom. The van der Waals surface area contributed by atoms with Crippen LogP contribution in [0.15, 0.2) is 12.1 Å². The fourth-order valence-corrected chi connectivity index (χ4v) is 4.44. The number of nitrogens with one attached hydrogen (secondary N) is 1. The van der Waals surface area contributed by atoms with Crippen LogP contribution < -0.4 is 14.8 Å². The lowest BCUT2D eigenvalue weighted by Gasteiger charge is -2.15. The van der Waals surface area contributed by atoms with Gasteiger partial charge in [-0.1, -0.05) is 32.4 Å². The van der Waals surface area contributed by atoms with Gasteiger partial charge < -0.3 is 9.47 Å². The first-order valence-corrected chi connectivity index (χ1v) is 10.4. The Labute approximate surface area is 169 Å². The molecule has 1 unspecified atom stereocenters. The molecule has 1 amide bonds. The normalized spacial score (nSPS) is 16.1. The van der Waals surface area contributed by atoms with Crippen molar-refractivity contribution in [2.24, 2.45) is 11.8 Å². The van der Waals surface area contributed by atoms with Gasteiger partial charge in [-0.15, -0.1) is 11.3 Å². The largest absolute Gasteiger partial charge is 0.493 e. The van der Waals surface area contributed by atoms with Crippen molar-refractivity contribution in [3.05, 3.63) is 33.3 Å². The third-order valence-electron chi connectivity index (χ3n) is 4.46. The van der Waals surface area contributed by atoms with E-state index in [4.69, 9.17) is 21.1 Å². The quantitative estimate of drug-likeness (QED) is 0.712. The first-order chi connectivity index (χ1) is 12.9. The molecule has 2 aromatic rings. The molecule has 1 aromatic heterocycles. The zero-order chi connectivity index (χ0) is 19.6. The van der Waals surface area contributed by atoms with E-state index in [1.165, 1.54) is 12.0 Å². The van der Waals surface area contributed by atoms with E-state index in [-0.39, 0.29) is 5.91 Å². The van der Waals surface area contributed by atoms with E-state index in [2.05, 4.69) is 31.1 Å². The van der Waals surface area contributed by atoms with Gasteiger partial charge in [0.25, 0.3) is 5.91 Å². The second kappa shape index (κ2) is 8.48. The maximum absolute atomic E-state index is 12.7. The molecule has 5 nitrogen and oxygen atoms in total. The number of methoxy groups -OCH3 is 1. The third kappa shape index (κ3) is 4.74. The standard InChI is InChI=1S/C20H25ClN2O3S/c1-11(2)10-26-18-14(21)8-13(9-16(18)25-4)19(24)23-20-22-15-6-5-12(3)7-17(15)27-20/h8-9,11-12H,5-7,10H2,1-4H3,(H,22,23,24). The fraction of sp³-hybridized carbons (Fsp3) is 0.500. The summed E-state index contributed by atoms with van der Waals surface area (Å²) >= 11 is 7.90. The molecule has 0 bridgehead atoms. The number of hydrogen-bond donors (Lipinski definition) is 1. The molecule has 0 saturated heterocycles. The number of anilines is 1. The second-order valence-corrected chi connectivity index (χ2v) is 8.88. The molecule has 146 valence electrons. The van der Waals surface area contributed by atoms with Crippen molar-refractivity contribution in [1.82, 2.24) is 4.98 Å². The Morgan fingerprint density at radius 1 is 1.44 bits per heavy atom. The molecule has 1 N–H and O–H groups in total. The van der Waals surface area contributed by atoms with Crippen LogP contribution in [0.1, 0.15) is 48.1 Å². The van der Waals surface area contributed by atoms with Crippen molar-refractivity contribution in [1.29, 1.82) is 0 Å². The lowest BCUT2D eigenvalue weighted by atomic mass is 9.93. The van der Waals surface area contributed by atoms with Crippen molar-refractivity contribution >= 4 is 34.0 Å². The Morgan fingerprint density at radius 2 is 2.22 bits per heavy atom. The zero-order valence-electron chi connectivity index (χ0n) is 16.1. The van der Waals surface area contributed by atoms with Crippen LogP contribution in [0.4, 0.5) is 5.13 Å². The molecular formula is C20H25ClN2O3S. The minimum atomic E-state index is -0.259. The highest BCUT2D eigenvalue weighted by Crippen LogP contribution is 2.37. The van der Waals surface area contributed by atoms with Gasteiger partial charge in [-0.05, 0) is 43.2 Å². The lowest BCUT2D eigenvalue weighted by Crippen LogP contribution is -2.13. The summed E-state index contributed by atoms with van der Waals surface area (Å²) in [5, 5.41) is 3.88. The lowest BCUT2D eigenvalue weighted by molar-refractivity contribution is 0.102. The van der Waals surface area contributed by atoms with Gasteiger partial charge in [-0.2, -0.15) is 0 Å². The molecule has 1 heterocycles. The highest BCUT2D eigenvalue weighted by molar-refractivity contribution is 7.15. The highest BCUT2D eigenvalue weighted by atomic mass is 35.5. The van der Waals surface area contributed by atoms with Crippen LogP contribution >= 0.6 is 22.9 Å². The van der Waals surface area contributed by atoms with E-state index >= 15 is 0 Å². The van der Waals surface area contributed by atoms with Crippen LogP contribution in [0.5, 0.6) is 11.5 Å². The third-order valence-corrected chi connectivity index (χ3v) is 5.78. The molecule has 0 radical (unpaired) electrons. The first-order valence-electron chi connectivity index (χ1n) is 9.17. The molecule has 7 heteroatoms. The molecule has 3 rings (SSSR count). The van der Waals surface area contributed by atoms with Gasteiger partial charge in [0, 0.05) is 10.4 Å². The summed E-state index contributed by atoms with van der Waals surface area (Å²) < 4.78 is 11.1. The number of carbonyl (C=O) groups is 1. The molecule has 0 aliphatic heterocycles. The van der Waals surface area contributed by atoms with Crippen molar-refractivity contribution in [2.45, 2.75) is 40.0 Å². The van der Waals surface area contributed by atoms with Gasteiger partial charge in [0.2, 0.25) is 0 Å². The summed E-state index contributed by atoms with van der Waals surface area (Å²) in [6, 6.07) is 3.25. The SMILES string of the molecule is COc1cc(C(=O)Nc2nc3c(s2)CC(C)CC3)cc(Cl)c1OCC(C)C. The zero-order valence-corrected chi connectivity index (χ0v) is 17.7. The van der Waals surface area contributed by atoms with Gasteiger partial charge in [-0.25, -0.2) is 4.98 Å². The number of nitrogens with zero attached hydrogens (tertiary/aromatic N) is 1. The predicted molar refractivity (Wildman–Crippen MR) is 110 cm³/mol. The van der Waals surface area contributed by atoms with E-state index in [1.807, 2.05) is 0 Å². The van der Waals surface area contributed by atoms with E-state index < -0.39 is 0 Å². The Hall–Kier alpha value is -1.79. The number of benzene rings is 1.